The van der Waals surface area contributed by atoms with Crippen LogP contribution in [0.4, 0.5) is 8.78 Å². The maximum atomic E-state index is 13.8. The first-order valence-electron chi connectivity index (χ1n) is 11.2. The maximum absolute atomic E-state index is 13.8. The summed E-state index contributed by atoms with van der Waals surface area (Å²) in [4.78, 5) is 0. The van der Waals surface area contributed by atoms with E-state index in [-0.39, 0.29) is 5.39 Å². The average Bonchev–Trinajstić information content (AvgIpc) is 2.84. The van der Waals surface area contributed by atoms with Gasteiger partial charge < -0.3 is 0 Å². The van der Waals surface area contributed by atoms with Gasteiger partial charge in [-0.25, -0.2) is 8.78 Å². The van der Waals surface area contributed by atoms with Crippen molar-refractivity contribution in [3.05, 3.63) is 118 Å². The molecular formula is C30H26F2. The third-order valence-corrected chi connectivity index (χ3v) is 5.76. The van der Waals surface area contributed by atoms with E-state index in [9.17, 15) is 8.78 Å². The molecular weight excluding hydrogens is 398 g/mol. The van der Waals surface area contributed by atoms with Crippen LogP contribution in [0.5, 0.6) is 0 Å². The van der Waals surface area contributed by atoms with E-state index in [1.807, 2.05) is 12.1 Å². The first-order valence-corrected chi connectivity index (χ1v) is 11.2. The van der Waals surface area contributed by atoms with Crippen molar-refractivity contribution < 1.29 is 8.78 Å². The van der Waals surface area contributed by atoms with Crippen LogP contribution in [0.1, 0.15) is 47.6 Å². The summed E-state index contributed by atoms with van der Waals surface area (Å²) in [6.45, 7) is 2.22. The largest absolute Gasteiger partial charge is 0.204 e. The Morgan fingerprint density at radius 2 is 1.19 bits per heavy atom. The third kappa shape index (κ3) is 5.42. The molecule has 4 aromatic carbocycles. The Kier molecular flexibility index (Phi) is 6.97. The van der Waals surface area contributed by atoms with E-state index in [2.05, 4.69) is 55.2 Å². The molecule has 0 heterocycles. The van der Waals surface area contributed by atoms with Gasteiger partial charge in [-0.3, -0.25) is 0 Å². The molecule has 160 valence electrons. The van der Waals surface area contributed by atoms with Crippen LogP contribution < -0.4 is 0 Å². The SMILES string of the molecule is CCCCc1ccc(CCc2ccc(C#Cc3ccc4c(F)c(F)ccc4c3)cc2)cc1. The Hall–Kier alpha value is -3.44. The average molecular weight is 425 g/mol. The fourth-order valence-electron chi connectivity index (χ4n) is 3.78. The lowest BCUT2D eigenvalue weighted by atomic mass is 10.0. The lowest BCUT2D eigenvalue weighted by Crippen LogP contribution is -1.92. The Morgan fingerprint density at radius 3 is 1.84 bits per heavy atom. The zero-order valence-electron chi connectivity index (χ0n) is 18.3. The van der Waals surface area contributed by atoms with Gasteiger partial charge in [-0.1, -0.05) is 73.7 Å². The topological polar surface area (TPSA) is 0 Å². The lowest BCUT2D eigenvalue weighted by molar-refractivity contribution is 0.517. The highest BCUT2D eigenvalue weighted by Crippen LogP contribution is 2.21. The van der Waals surface area contributed by atoms with Crippen LogP contribution in [0.3, 0.4) is 0 Å². The van der Waals surface area contributed by atoms with Crippen LogP contribution in [0, 0.1) is 23.5 Å². The Bertz CT molecular complexity index is 1260. The fourth-order valence-corrected chi connectivity index (χ4v) is 3.78. The fraction of sp³-hybridized carbons (Fsp3) is 0.200. The summed E-state index contributed by atoms with van der Waals surface area (Å²) in [7, 11) is 0. The molecule has 0 spiro atoms. The van der Waals surface area contributed by atoms with Gasteiger partial charge >= 0.3 is 0 Å². The molecule has 0 N–H and O–H groups in total. The predicted molar refractivity (Wildman–Crippen MR) is 129 cm³/mol. The molecule has 0 aliphatic rings. The quantitative estimate of drug-likeness (QED) is 0.279. The van der Waals surface area contributed by atoms with Crippen LogP contribution in [0.15, 0.2) is 78.9 Å². The van der Waals surface area contributed by atoms with Crippen molar-refractivity contribution in [2.24, 2.45) is 0 Å². The normalized spacial score (nSPS) is 10.7. The molecule has 0 radical (unpaired) electrons. The van der Waals surface area contributed by atoms with Gasteiger partial charge in [0, 0.05) is 16.5 Å². The van der Waals surface area contributed by atoms with Crippen LogP contribution in [-0.4, -0.2) is 0 Å². The predicted octanol–water partition coefficient (Wildman–Crippen LogP) is 7.65. The van der Waals surface area contributed by atoms with Crippen LogP contribution >= 0.6 is 0 Å². The zero-order valence-corrected chi connectivity index (χ0v) is 18.3. The third-order valence-electron chi connectivity index (χ3n) is 5.76. The van der Waals surface area contributed by atoms with E-state index in [1.165, 1.54) is 29.5 Å². The molecule has 0 bridgehead atoms. The summed E-state index contributed by atoms with van der Waals surface area (Å²) >= 11 is 0. The highest BCUT2D eigenvalue weighted by Gasteiger charge is 2.06. The molecule has 0 amide bonds. The summed E-state index contributed by atoms with van der Waals surface area (Å²) in [6, 6.07) is 25.1. The number of fused-ring (bicyclic) bond motifs is 1. The van der Waals surface area contributed by atoms with Crippen molar-refractivity contribution in [3.63, 3.8) is 0 Å². The first kappa shape index (κ1) is 21.8. The van der Waals surface area contributed by atoms with Gasteiger partial charge in [0.1, 0.15) is 0 Å². The number of halogens is 2. The molecule has 0 saturated carbocycles. The standard InChI is InChI=1S/C30H26F2/c1-2-3-4-22-5-7-23(8-6-22)9-10-24-11-13-25(14-12-24)15-16-26-17-19-28-27(21-26)18-20-29(31)30(28)32/h5-8,11-14,17-21H,2-4,9-10H2,1H3. The van der Waals surface area contributed by atoms with E-state index in [4.69, 9.17) is 0 Å². The summed E-state index contributed by atoms with van der Waals surface area (Å²) in [5, 5.41) is 0.917. The second-order valence-electron chi connectivity index (χ2n) is 8.16. The number of rotatable bonds is 6. The summed E-state index contributed by atoms with van der Waals surface area (Å²) < 4.78 is 27.2. The highest BCUT2D eigenvalue weighted by atomic mass is 19.2. The minimum Gasteiger partial charge on any atom is -0.204 e. The number of unbranched alkanes of at least 4 members (excludes halogenated alkanes) is 1. The van der Waals surface area contributed by atoms with E-state index in [1.54, 1.807) is 24.3 Å². The molecule has 0 aliphatic carbocycles. The lowest BCUT2D eigenvalue weighted by Gasteiger charge is -2.05. The number of hydrogen-bond acceptors (Lipinski definition) is 0. The van der Waals surface area contributed by atoms with E-state index < -0.39 is 11.6 Å². The molecule has 32 heavy (non-hydrogen) atoms. The van der Waals surface area contributed by atoms with Gasteiger partial charge in [-0.15, -0.1) is 0 Å². The second-order valence-corrected chi connectivity index (χ2v) is 8.16. The molecule has 0 aromatic heterocycles. The van der Waals surface area contributed by atoms with Gasteiger partial charge in [0.2, 0.25) is 0 Å². The van der Waals surface area contributed by atoms with Crippen molar-refractivity contribution in [1.82, 2.24) is 0 Å². The van der Waals surface area contributed by atoms with E-state index in [0.29, 0.717) is 5.39 Å². The van der Waals surface area contributed by atoms with Gasteiger partial charge in [0.05, 0.1) is 0 Å². The second kappa shape index (κ2) is 10.2. The molecule has 4 aromatic rings. The number of hydrogen-bond donors (Lipinski definition) is 0. The van der Waals surface area contributed by atoms with E-state index in [0.717, 1.165) is 36.5 Å². The number of benzene rings is 4. The molecule has 0 atom stereocenters. The van der Waals surface area contributed by atoms with Crippen molar-refractivity contribution in [3.8, 4) is 11.8 Å². The molecule has 0 nitrogen and oxygen atoms in total. The smallest absolute Gasteiger partial charge is 0.166 e. The van der Waals surface area contributed by atoms with Crippen molar-refractivity contribution >= 4 is 10.8 Å². The first-order chi connectivity index (χ1) is 15.6. The maximum Gasteiger partial charge on any atom is 0.166 e. The highest BCUT2D eigenvalue weighted by molar-refractivity contribution is 5.84. The minimum atomic E-state index is -0.833. The molecule has 0 unspecified atom stereocenters. The van der Waals surface area contributed by atoms with Crippen LogP contribution in [-0.2, 0) is 19.3 Å². The molecule has 4 rings (SSSR count). The molecule has 2 heteroatoms. The van der Waals surface area contributed by atoms with Crippen molar-refractivity contribution in [1.29, 1.82) is 0 Å². The Morgan fingerprint density at radius 1 is 0.625 bits per heavy atom. The Labute approximate surface area is 188 Å². The Balaban J connectivity index is 1.38. The van der Waals surface area contributed by atoms with Crippen molar-refractivity contribution in [2.45, 2.75) is 39.0 Å². The van der Waals surface area contributed by atoms with Gasteiger partial charge in [-0.2, -0.15) is 0 Å². The monoisotopic (exact) mass is 424 g/mol. The van der Waals surface area contributed by atoms with Crippen LogP contribution in [0.25, 0.3) is 10.8 Å². The molecule has 0 aliphatic heterocycles. The summed E-state index contributed by atoms with van der Waals surface area (Å²) in [5.74, 6) is 4.63. The molecule has 0 fully saturated rings. The molecule has 0 saturated heterocycles. The summed E-state index contributed by atoms with van der Waals surface area (Å²) in [6.07, 6.45) is 5.65. The van der Waals surface area contributed by atoms with Gasteiger partial charge in [0.25, 0.3) is 0 Å². The summed E-state index contributed by atoms with van der Waals surface area (Å²) in [5.41, 5.74) is 5.77. The minimum absolute atomic E-state index is 0.274. The van der Waals surface area contributed by atoms with Gasteiger partial charge in [0.15, 0.2) is 11.6 Å². The zero-order chi connectivity index (χ0) is 22.3. The van der Waals surface area contributed by atoms with Crippen molar-refractivity contribution in [2.75, 3.05) is 0 Å². The van der Waals surface area contributed by atoms with Crippen LogP contribution in [0.2, 0.25) is 0 Å². The van der Waals surface area contributed by atoms with E-state index >= 15 is 0 Å². The van der Waals surface area contributed by atoms with Gasteiger partial charge in [-0.05, 0) is 78.1 Å². The number of aryl methyl sites for hydroxylation is 3.